The summed E-state index contributed by atoms with van der Waals surface area (Å²) in [5, 5.41) is 3.86. The van der Waals surface area contributed by atoms with Crippen LogP contribution in [-0.4, -0.2) is 48.6 Å². The second-order valence-corrected chi connectivity index (χ2v) is 6.41. The fourth-order valence-electron chi connectivity index (χ4n) is 2.99. The third-order valence-electron chi connectivity index (χ3n) is 4.38. The van der Waals surface area contributed by atoms with Crippen LogP contribution in [0.3, 0.4) is 0 Å². The van der Waals surface area contributed by atoms with Crippen molar-refractivity contribution in [1.29, 1.82) is 0 Å². The maximum atomic E-state index is 12.5. The Bertz CT molecular complexity index is 786. The smallest absolute Gasteiger partial charge is 0.276 e. The molecule has 1 aromatic heterocycles. The fourth-order valence-corrected chi connectivity index (χ4v) is 2.99. The standard InChI is InChI=1S/C19H22N2O5/c1-13(22)15-4-3-5-16(8-15)25-12-17-9-18(20-26-17)19(23)21-7-6-14(10-21)11-24-2/h3-5,8-9,14H,6-7,10-12H2,1-2H3/t14-/m1/s1. The molecule has 1 aromatic carbocycles. The van der Waals surface area contributed by atoms with E-state index < -0.39 is 0 Å². The quantitative estimate of drug-likeness (QED) is 0.708. The minimum Gasteiger partial charge on any atom is -0.486 e. The van der Waals surface area contributed by atoms with Gasteiger partial charge in [-0.3, -0.25) is 9.59 Å². The van der Waals surface area contributed by atoms with Crippen LogP contribution in [0, 0.1) is 5.92 Å². The summed E-state index contributed by atoms with van der Waals surface area (Å²) < 4.78 is 16.0. The fraction of sp³-hybridized carbons (Fsp3) is 0.421. The molecule has 0 spiro atoms. The predicted molar refractivity (Wildman–Crippen MR) is 93.2 cm³/mol. The summed E-state index contributed by atoms with van der Waals surface area (Å²) in [7, 11) is 1.67. The van der Waals surface area contributed by atoms with Crippen molar-refractivity contribution in [3.8, 4) is 5.75 Å². The molecule has 0 saturated carbocycles. The Balaban J connectivity index is 1.57. The molecular formula is C19H22N2O5. The predicted octanol–water partition coefficient (Wildman–Crippen LogP) is 2.56. The Morgan fingerprint density at radius 3 is 2.96 bits per heavy atom. The molecule has 2 heterocycles. The van der Waals surface area contributed by atoms with E-state index in [1.165, 1.54) is 6.92 Å². The van der Waals surface area contributed by atoms with Gasteiger partial charge in [-0.05, 0) is 25.5 Å². The van der Waals surface area contributed by atoms with Crippen molar-refractivity contribution in [2.45, 2.75) is 20.0 Å². The lowest BCUT2D eigenvalue weighted by Gasteiger charge is -2.14. The van der Waals surface area contributed by atoms with Crippen molar-refractivity contribution in [1.82, 2.24) is 10.1 Å². The first-order valence-corrected chi connectivity index (χ1v) is 8.54. The van der Waals surface area contributed by atoms with Crippen LogP contribution in [-0.2, 0) is 11.3 Å². The molecule has 0 bridgehead atoms. The number of likely N-dealkylation sites (tertiary alicyclic amines) is 1. The molecule has 26 heavy (non-hydrogen) atoms. The Kier molecular flexibility index (Phi) is 5.68. The molecule has 2 aromatic rings. The van der Waals surface area contributed by atoms with Crippen LogP contribution >= 0.6 is 0 Å². The third-order valence-corrected chi connectivity index (χ3v) is 4.38. The number of rotatable bonds is 7. The highest BCUT2D eigenvalue weighted by Gasteiger charge is 2.28. The molecule has 138 valence electrons. The largest absolute Gasteiger partial charge is 0.486 e. The highest BCUT2D eigenvalue weighted by molar-refractivity contribution is 5.94. The zero-order valence-corrected chi connectivity index (χ0v) is 14.9. The number of carbonyl (C=O) groups is 2. The number of benzene rings is 1. The monoisotopic (exact) mass is 358 g/mol. The van der Waals surface area contributed by atoms with Crippen molar-refractivity contribution >= 4 is 11.7 Å². The van der Waals surface area contributed by atoms with E-state index in [1.807, 2.05) is 0 Å². The average Bonchev–Trinajstić information content (AvgIpc) is 3.29. The SMILES string of the molecule is COC[C@@H]1CCN(C(=O)c2cc(COc3cccc(C(C)=O)c3)on2)C1. The van der Waals surface area contributed by atoms with E-state index in [-0.39, 0.29) is 24.0 Å². The summed E-state index contributed by atoms with van der Waals surface area (Å²) in [5.41, 5.74) is 0.856. The van der Waals surface area contributed by atoms with Crippen LogP contribution < -0.4 is 4.74 Å². The lowest BCUT2D eigenvalue weighted by molar-refractivity contribution is 0.0764. The van der Waals surface area contributed by atoms with Gasteiger partial charge >= 0.3 is 0 Å². The molecule has 1 aliphatic rings. The maximum Gasteiger partial charge on any atom is 0.276 e. The van der Waals surface area contributed by atoms with E-state index in [1.54, 1.807) is 42.3 Å². The van der Waals surface area contributed by atoms with Crippen LogP contribution in [0.15, 0.2) is 34.9 Å². The van der Waals surface area contributed by atoms with E-state index in [0.29, 0.717) is 42.7 Å². The van der Waals surface area contributed by atoms with Gasteiger partial charge in [0.05, 0.1) is 6.61 Å². The van der Waals surface area contributed by atoms with Crippen LogP contribution in [0.5, 0.6) is 5.75 Å². The highest BCUT2D eigenvalue weighted by Crippen LogP contribution is 2.20. The van der Waals surface area contributed by atoms with E-state index in [0.717, 1.165) is 6.42 Å². The number of hydrogen-bond acceptors (Lipinski definition) is 6. The van der Waals surface area contributed by atoms with Crippen molar-refractivity contribution < 1.29 is 23.6 Å². The van der Waals surface area contributed by atoms with Gasteiger partial charge < -0.3 is 18.9 Å². The Morgan fingerprint density at radius 1 is 1.35 bits per heavy atom. The molecule has 0 aliphatic carbocycles. The second-order valence-electron chi connectivity index (χ2n) is 6.41. The summed E-state index contributed by atoms with van der Waals surface area (Å²) in [6.45, 7) is 3.66. The van der Waals surface area contributed by atoms with Crippen LogP contribution in [0.1, 0.15) is 40.0 Å². The molecule has 7 heteroatoms. The van der Waals surface area contributed by atoms with E-state index >= 15 is 0 Å². The van der Waals surface area contributed by atoms with Crippen molar-refractivity contribution in [2.75, 3.05) is 26.8 Å². The Hall–Kier alpha value is -2.67. The van der Waals surface area contributed by atoms with Gasteiger partial charge in [0.25, 0.3) is 5.91 Å². The molecule has 1 atom stereocenters. The number of methoxy groups -OCH3 is 1. The molecule has 1 saturated heterocycles. The van der Waals surface area contributed by atoms with E-state index in [4.69, 9.17) is 14.0 Å². The van der Waals surface area contributed by atoms with E-state index in [2.05, 4.69) is 5.16 Å². The minimum absolute atomic E-state index is 0.0274. The number of hydrogen-bond donors (Lipinski definition) is 0. The molecule has 0 unspecified atom stereocenters. The molecule has 1 aliphatic heterocycles. The van der Waals surface area contributed by atoms with Crippen molar-refractivity contribution in [2.24, 2.45) is 5.92 Å². The first-order chi connectivity index (χ1) is 12.6. The van der Waals surface area contributed by atoms with Gasteiger partial charge in [-0.15, -0.1) is 0 Å². The van der Waals surface area contributed by atoms with Gasteiger partial charge in [0.2, 0.25) is 0 Å². The summed E-state index contributed by atoms with van der Waals surface area (Å²) in [4.78, 5) is 25.7. The van der Waals surface area contributed by atoms with Crippen LogP contribution in [0.4, 0.5) is 0 Å². The van der Waals surface area contributed by atoms with Crippen LogP contribution in [0.2, 0.25) is 0 Å². The van der Waals surface area contributed by atoms with Crippen molar-refractivity contribution in [3.05, 3.63) is 47.3 Å². The molecule has 3 rings (SSSR count). The minimum atomic E-state index is -0.141. The van der Waals surface area contributed by atoms with Gasteiger partial charge in [-0.25, -0.2) is 0 Å². The first-order valence-electron chi connectivity index (χ1n) is 8.54. The second kappa shape index (κ2) is 8.14. The number of ether oxygens (including phenoxy) is 2. The van der Waals surface area contributed by atoms with Gasteiger partial charge in [0.1, 0.15) is 12.4 Å². The topological polar surface area (TPSA) is 81.9 Å². The number of Topliss-reactive ketones (excluding diaryl/α,β-unsaturated/α-hetero) is 1. The summed E-state index contributed by atoms with van der Waals surface area (Å²) >= 11 is 0. The third kappa shape index (κ3) is 4.29. The highest BCUT2D eigenvalue weighted by atomic mass is 16.5. The Labute approximate surface area is 151 Å². The maximum absolute atomic E-state index is 12.5. The average molecular weight is 358 g/mol. The van der Waals surface area contributed by atoms with Crippen molar-refractivity contribution in [3.63, 3.8) is 0 Å². The zero-order valence-electron chi connectivity index (χ0n) is 14.9. The molecule has 0 radical (unpaired) electrons. The summed E-state index contributed by atoms with van der Waals surface area (Å²) in [6.07, 6.45) is 0.930. The number of carbonyl (C=O) groups excluding carboxylic acids is 2. The number of ketones is 1. The first kappa shape index (κ1) is 18.1. The van der Waals surface area contributed by atoms with Gasteiger partial charge in [-0.2, -0.15) is 0 Å². The van der Waals surface area contributed by atoms with Gasteiger partial charge in [0.15, 0.2) is 17.2 Å². The summed E-state index contributed by atoms with van der Waals surface area (Å²) in [5.74, 6) is 1.21. The molecule has 1 fully saturated rings. The number of nitrogens with zero attached hydrogens (tertiary/aromatic N) is 2. The zero-order chi connectivity index (χ0) is 18.5. The summed E-state index contributed by atoms with van der Waals surface area (Å²) in [6, 6.07) is 8.51. The van der Waals surface area contributed by atoms with Gasteiger partial charge in [0, 0.05) is 37.7 Å². The number of aromatic nitrogens is 1. The molecule has 0 N–H and O–H groups in total. The van der Waals surface area contributed by atoms with Gasteiger partial charge in [-0.1, -0.05) is 17.3 Å². The normalized spacial score (nSPS) is 16.7. The lowest BCUT2D eigenvalue weighted by Crippen LogP contribution is -2.29. The number of amides is 1. The van der Waals surface area contributed by atoms with E-state index in [9.17, 15) is 9.59 Å². The molecule has 7 nitrogen and oxygen atoms in total. The lowest BCUT2D eigenvalue weighted by atomic mass is 10.1. The Morgan fingerprint density at radius 2 is 2.19 bits per heavy atom. The molecule has 1 amide bonds. The van der Waals surface area contributed by atoms with Crippen LogP contribution in [0.25, 0.3) is 0 Å². The molecular weight excluding hydrogens is 336 g/mol.